The highest BCUT2D eigenvalue weighted by Crippen LogP contribution is 2.63. The topological polar surface area (TPSA) is 79.5 Å². The number of carboxylic acid groups (broad SMARTS) is 1. The largest absolute Gasteiger partial charge is 0.492 e. The molecule has 10 heteroatoms. The molecule has 3 aromatic carbocycles. The Hall–Kier alpha value is -3.82. The van der Waals surface area contributed by atoms with Crippen molar-refractivity contribution < 1.29 is 19.4 Å². The highest BCUT2D eigenvalue weighted by molar-refractivity contribution is 8.13. The van der Waals surface area contributed by atoms with E-state index in [-0.39, 0.29) is 10.8 Å². The molecule has 8 rings (SSSR count). The lowest BCUT2D eigenvalue weighted by Crippen LogP contribution is -2.30. The van der Waals surface area contributed by atoms with Gasteiger partial charge >= 0.3 is 5.97 Å². The molecule has 1 N–H and O–H groups in total. The van der Waals surface area contributed by atoms with E-state index in [1.54, 1.807) is 11.8 Å². The molecule has 0 radical (unpaired) electrons. The molecule has 0 spiro atoms. The molecule has 5 nitrogen and oxygen atoms in total. The third-order valence-electron chi connectivity index (χ3n) is 11.8. The number of unbranched alkanes of at least 4 members (excludes halogenated alkanes) is 6. The smallest absolute Gasteiger partial charge is 0.346 e. The molecular formula is C53H55NO4S5. The van der Waals surface area contributed by atoms with Crippen LogP contribution in [0.15, 0.2) is 136 Å². The van der Waals surface area contributed by atoms with Gasteiger partial charge in [0.05, 0.1) is 16.7 Å². The highest BCUT2D eigenvalue weighted by atomic mass is 32.2. The molecule has 6 unspecified atom stereocenters. The maximum Gasteiger partial charge on any atom is 0.346 e. The molecule has 5 heterocycles. The van der Waals surface area contributed by atoms with Gasteiger partial charge in [-0.15, -0.1) is 58.4 Å². The van der Waals surface area contributed by atoms with E-state index in [2.05, 4.69) is 136 Å². The number of thiophene rings is 1. The van der Waals surface area contributed by atoms with Crippen LogP contribution in [0, 0.1) is 11.3 Å². The summed E-state index contributed by atoms with van der Waals surface area (Å²) in [5.74, 6) is -0.227. The number of thioether (sulfide) groups is 4. The Labute approximate surface area is 394 Å². The maximum absolute atomic E-state index is 11.6. The van der Waals surface area contributed by atoms with Gasteiger partial charge in [0.15, 0.2) is 0 Å². The number of hydrogen-bond donors (Lipinski definition) is 1. The van der Waals surface area contributed by atoms with Crippen LogP contribution in [0.2, 0.25) is 0 Å². The van der Waals surface area contributed by atoms with Gasteiger partial charge in [0, 0.05) is 47.2 Å². The van der Waals surface area contributed by atoms with Gasteiger partial charge in [-0.2, -0.15) is 5.26 Å². The van der Waals surface area contributed by atoms with Gasteiger partial charge < -0.3 is 14.6 Å². The number of benzene rings is 3. The van der Waals surface area contributed by atoms with Crippen LogP contribution in [0.4, 0.5) is 0 Å². The third-order valence-corrected chi connectivity index (χ3v) is 19.7. The Balaban J connectivity index is 1.06. The first-order valence-electron chi connectivity index (χ1n) is 22.3. The van der Waals surface area contributed by atoms with Crippen LogP contribution >= 0.6 is 58.4 Å². The van der Waals surface area contributed by atoms with E-state index >= 15 is 0 Å². The first-order valence-corrected chi connectivity index (χ1v) is 26.7. The molecule has 0 aliphatic carbocycles. The summed E-state index contributed by atoms with van der Waals surface area (Å²) >= 11 is 9.40. The number of nitriles is 1. The van der Waals surface area contributed by atoms with Crippen LogP contribution in [0.25, 0.3) is 22.1 Å². The van der Waals surface area contributed by atoms with Crippen molar-refractivity contribution in [2.75, 3.05) is 13.2 Å². The lowest BCUT2D eigenvalue weighted by Gasteiger charge is -2.29. The van der Waals surface area contributed by atoms with E-state index in [1.807, 2.05) is 52.7 Å². The zero-order chi connectivity index (χ0) is 43.8. The Morgan fingerprint density at radius 1 is 0.778 bits per heavy atom. The number of carboxylic acids is 1. The summed E-state index contributed by atoms with van der Waals surface area (Å²) in [4.78, 5) is 17.5. The van der Waals surface area contributed by atoms with E-state index in [1.165, 1.54) is 69.6 Å². The summed E-state index contributed by atoms with van der Waals surface area (Å²) in [6.45, 7) is 8.18. The van der Waals surface area contributed by atoms with Crippen LogP contribution in [0.3, 0.4) is 0 Å². The number of rotatable bonds is 20. The molecule has 63 heavy (non-hydrogen) atoms. The monoisotopic (exact) mass is 929 g/mol. The lowest BCUT2D eigenvalue weighted by molar-refractivity contribution is -0.132. The lowest BCUT2D eigenvalue weighted by atomic mass is 9.95. The molecular weight excluding hydrogens is 875 g/mol. The number of nitrogens with zero attached hydrogens (tertiary/aromatic N) is 1. The minimum Gasteiger partial charge on any atom is -0.492 e. The SMILES string of the molecule is CCCCCCOc1cc(C2SC(C3=CC4SC5C=C(/C=C(/C#N)C(=O)O)SC5C4S3)=CC2(C)OCCCCCC)sc1-c1ccc(C=C(c2ccccc2)c2ccccc2)cc1. The first kappa shape index (κ1) is 45.7. The summed E-state index contributed by atoms with van der Waals surface area (Å²) in [6.07, 6.45) is 20.1. The fourth-order valence-electron chi connectivity index (χ4n) is 8.48. The second-order valence-electron chi connectivity index (χ2n) is 16.6. The number of allylic oxidation sites excluding steroid dienone is 1. The Kier molecular flexibility index (Phi) is 15.6. The number of fused-ring (bicyclic) bond motifs is 3. The van der Waals surface area contributed by atoms with Crippen molar-refractivity contribution in [3.8, 4) is 22.3 Å². The molecule has 6 atom stereocenters. The second kappa shape index (κ2) is 21.4. The summed E-state index contributed by atoms with van der Waals surface area (Å²) in [5.41, 5.74) is 5.15. The summed E-state index contributed by atoms with van der Waals surface area (Å²) in [7, 11) is 0. The molecule has 4 aromatic rings. The first-order chi connectivity index (χ1) is 30.8. The standard InChI is InChI=1S/C53H55NO4S5/c1-4-6-8-16-26-57-42-31-46(62-48(42)38-24-22-35(23-25-38)28-41(36-18-12-10-13-19-36)37-20-14-11-15-21-37)51-53(3,58-27-17-9-7-5-2)33-47(63-51)43-32-45-50(61-43)49-44(60-45)30-40(59-49)29-39(34-54)52(55)56/h10-15,18-25,28-33,44-45,49-51H,4-9,16-17,26-27H2,1-3H3,(H,55,56)/b39-29-. The quantitative estimate of drug-likeness (QED) is 0.0403. The molecule has 1 fully saturated rings. The van der Waals surface area contributed by atoms with Gasteiger partial charge in [0.1, 0.15) is 23.0 Å². The van der Waals surface area contributed by atoms with E-state index in [0.29, 0.717) is 27.6 Å². The molecule has 1 saturated heterocycles. The molecule has 326 valence electrons. The Bertz CT molecular complexity index is 2390. The second-order valence-corrected chi connectivity index (χ2v) is 22.6. The van der Waals surface area contributed by atoms with Crippen LogP contribution in [0.1, 0.15) is 99.0 Å². The summed E-state index contributed by atoms with van der Waals surface area (Å²) in [6, 6.07) is 34.3. The van der Waals surface area contributed by atoms with Crippen LogP contribution in [-0.2, 0) is 9.53 Å². The van der Waals surface area contributed by atoms with E-state index in [9.17, 15) is 15.2 Å². The fraction of sp³-hybridized carbons (Fsp3) is 0.358. The highest BCUT2D eigenvalue weighted by Gasteiger charge is 2.51. The zero-order valence-electron chi connectivity index (χ0n) is 36.2. The summed E-state index contributed by atoms with van der Waals surface area (Å²) in [5, 5.41) is 20.2. The third kappa shape index (κ3) is 10.8. The van der Waals surface area contributed by atoms with Crippen molar-refractivity contribution in [2.45, 2.75) is 104 Å². The van der Waals surface area contributed by atoms with Gasteiger partial charge in [0.25, 0.3) is 0 Å². The fourth-order valence-corrected chi connectivity index (χ4v) is 16.9. The Morgan fingerprint density at radius 2 is 1.43 bits per heavy atom. The number of aliphatic carboxylic acids is 1. The molecule has 0 bridgehead atoms. The van der Waals surface area contributed by atoms with Crippen molar-refractivity contribution in [3.63, 3.8) is 0 Å². The predicted molar refractivity (Wildman–Crippen MR) is 272 cm³/mol. The molecule has 0 saturated carbocycles. The molecule has 1 aromatic heterocycles. The van der Waals surface area contributed by atoms with Crippen LogP contribution < -0.4 is 4.74 Å². The van der Waals surface area contributed by atoms with E-state index < -0.39 is 11.6 Å². The average Bonchev–Trinajstić information content (AvgIpc) is 4.13. The predicted octanol–water partition coefficient (Wildman–Crippen LogP) is 15.0. The van der Waals surface area contributed by atoms with Crippen molar-refractivity contribution >= 4 is 76.0 Å². The van der Waals surface area contributed by atoms with Gasteiger partial charge in [-0.1, -0.05) is 149 Å². The van der Waals surface area contributed by atoms with Crippen molar-refractivity contribution in [1.29, 1.82) is 5.26 Å². The Morgan fingerprint density at radius 3 is 2.08 bits per heavy atom. The van der Waals surface area contributed by atoms with Gasteiger partial charge in [0.2, 0.25) is 0 Å². The van der Waals surface area contributed by atoms with E-state index in [4.69, 9.17) is 9.47 Å². The van der Waals surface area contributed by atoms with E-state index in [0.717, 1.165) is 52.5 Å². The van der Waals surface area contributed by atoms with Crippen LogP contribution in [0.5, 0.6) is 5.75 Å². The van der Waals surface area contributed by atoms with Crippen molar-refractivity contribution in [2.24, 2.45) is 0 Å². The maximum atomic E-state index is 11.6. The van der Waals surface area contributed by atoms with Gasteiger partial charge in [-0.25, -0.2) is 4.79 Å². The van der Waals surface area contributed by atoms with Crippen molar-refractivity contribution in [1.82, 2.24) is 0 Å². The molecule has 0 amide bonds. The van der Waals surface area contributed by atoms with Crippen molar-refractivity contribution in [3.05, 3.63) is 157 Å². The number of ether oxygens (including phenoxy) is 2. The zero-order valence-corrected chi connectivity index (χ0v) is 40.2. The number of hydrogen-bond acceptors (Lipinski definition) is 9. The number of carbonyl (C=O) groups is 1. The minimum atomic E-state index is -1.18. The molecule has 4 aliphatic rings. The van der Waals surface area contributed by atoms with Gasteiger partial charge in [-0.05, 0) is 71.9 Å². The normalized spacial score (nSPS) is 23.7. The average molecular weight is 930 g/mol. The summed E-state index contributed by atoms with van der Waals surface area (Å²) < 4.78 is 13.7. The van der Waals surface area contributed by atoms with Gasteiger partial charge in [-0.3, -0.25) is 0 Å². The minimum absolute atomic E-state index is 0.0587. The van der Waals surface area contributed by atoms with Crippen LogP contribution in [-0.4, -0.2) is 50.9 Å². The molecule has 4 aliphatic heterocycles.